The summed E-state index contributed by atoms with van der Waals surface area (Å²) in [4.78, 5) is 26.7. The van der Waals surface area contributed by atoms with Gasteiger partial charge in [-0.15, -0.1) is 11.3 Å². The molecular formula is C18H20FNO3S. The average Bonchev–Trinajstić information content (AvgIpc) is 3.10. The fourth-order valence-electron chi connectivity index (χ4n) is 3.50. The van der Waals surface area contributed by atoms with Gasteiger partial charge in [-0.25, -0.2) is 4.39 Å². The maximum Gasteiger partial charge on any atom is 0.311 e. The standard InChI is InChI=1S/C18H20FNO3S/c1-10(2)18(17(22)23)7-8-20(9-18)16(21)15-11(3)14-12(19)5-4-6-13(14)24-15/h4-6,10H,7-9H2,1-3H3,(H,22,23). The predicted molar refractivity (Wildman–Crippen MR) is 91.9 cm³/mol. The molecule has 1 atom stereocenters. The Morgan fingerprint density at radius 2 is 2.08 bits per heavy atom. The summed E-state index contributed by atoms with van der Waals surface area (Å²) in [5.41, 5.74) is -0.263. The molecule has 6 heteroatoms. The fraction of sp³-hybridized carbons (Fsp3) is 0.444. The minimum atomic E-state index is -0.897. The number of fused-ring (bicyclic) bond motifs is 1. The van der Waals surface area contributed by atoms with Gasteiger partial charge in [0.1, 0.15) is 5.82 Å². The molecule has 1 aliphatic rings. The number of carbonyl (C=O) groups is 2. The van der Waals surface area contributed by atoms with Gasteiger partial charge in [0.2, 0.25) is 0 Å². The third-order valence-electron chi connectivity index (χ3n) is 5.22. The second-order valence-corrected chi connectivity index (χ2v) is 7.81. The quantitative estimate of drug-likeness (QED) is 0.914. The number of carboxylic acid groups (broad SMARTS) is 1. The van der Waals surface area contributed by atoms with Crippen molar-refractivity contribution in [2.75, 3.05) is 13.1 Å². The number of carbonyl (C=O) groups excluding carboxylic acids is 1. The molecule has 0 radical (unpaired) electrons. The average molecular weight is 349 g/mol. The van der Waals surface area contributed by atoms with Crippen molar-refractivity contribution in [3.05, 3.63) is 34.5 Å². The summed E-state index contributed by atoms with van der Waals surface area (Å²) >= 11 is 1.27. The number of aryl methyl sites for hydroxylation is 1. The Morgan fingerprint density at radius 3 is 2.62 bits per heavy atom. The summed E-state index contributed by atoms with van der Waals surface area (Å²) in [7, 11) is 0. The molecule has 1 amide bonds. The van der Waals surface area contributed by atoms with E-state index in [4.69, 9.17) is 0 Å². The number of hydrogen-bond donors (Lipinski definition) is 1. The first-order valence-corrected chi connectivity index (χ1v) is 8.80. The van der Waals surface area contributed by atoms with E-state index in [1.165, 1.54) is 17.4 Å². The van der Waals surface area contributed by atoms with Gasteiger partial charge in [-0.05, 0) is 37.0 Å². The van der Waals surface area contributed by atoms with Crippen molar-refractivity contribution in [2.45, 2.75) is 27.2 Å². The van der Waals surface area contributed by atoms with Crippen molar-refractivity contribution in [3.8, 4) is 0 Å². The minimum Gasteiger partial charge on any atom is -0.481 e. The molecule has 0 aliphatic carbocycles. The summed E-state index contributed by atoms with van der Waals surface area (Å²) in [6, 6.07) is 4.82. The Labute approximate surface area is 143 Å². The van der Waals surface area contributed by atoms with E-state index >= 15 is 0 Å². The van der Waals surface area contributed by atoms with Gasteiger partial charge in [-0.1, -0.05) is 19.9 Å². The van der Waals surface area contributed by atoms with E-state index in [1.54, 1.807) is 24.0 Å². The third-order valence-corrected chi connectivity index (χ3v) is 6.46. The highest BCUT2D eigenvalue weighted by Gasteiger charge is 2.48. The van der Waals surface area contributed by atoms with Gasteiger partial charge >= 0.3 is 5.97 Å². The molecule has 1 fully saturated rings. The van der Waals surface area contributed by atoms with E-state index in [0.29, 0.717) is 28.8 Å². The van der Waals surface area contributed by atoms with Crippen molar-refractivity contribution < 1.29 is 19.1 Å². The van der Waals surface area contributed by atoms with E-state index < -0.39 is 11.4 Å². The van der Waals surface area contributed by atoms with E-state index in [9.17, 15) is 19.1 Å². The molecule has 1 unspecified atom stereocenters. The summed E-state index contributed by atoms with van der Waals surface area (Å²) < 4.78 is 14.8. The van der Waals surface area contributed by atoms with E-state index in [2.05, 4.69) is 0 Å². The van der Waals surface area contributed by atoms with Gasteiger partial charge in [-0.3, -0.25) is 9.59 Å². The molecule has 0 spiro atoms. The van der Waals surface area contributed by atoms with E-state index in [0.717, 1.165) is 4.70 Å². The van der Waals surface area contributed by atoms with Crippen LogP contribution in [0.1, 0.15) is 35.5 Å². The normalized spacial score (nSPS) is 21.0. The number of amides is 1. The highest BCUT2D eigenvalue weighted by atomic mass is 32.1. The number of benzene rings is 1. The maximum atomic E-state index is 14.0. The number of nitrogens with zero attached hydrogens (tertiary/aromatic N) is 1. The molecule has 128 valence electrons. The Hall–Kier alpha value is -1.95. The SMILES string of the molecule is Cc1c(C(=O)N2CCC(C(=O)O)(C(C)C)C2)sc2cccc(F)c12. The molecular weight excluding hydrogens is 329 g/mol. The second-order valence-electron chi connectivity index (χ2n) is 6.76. The Balaban J connectivity index is 1.95. The molecule has 1 saturated heterocycles. The molecule has 1 N–H and O–H groups in total. The molecule has 2 heterocycles. The molecule has 1 aliphatic heterocycles. The molecule has 1 aromatic heterocycles. The van der Waals surface area contributed by atoms with E-state index in [-0.39, 0.29) is 24.2 Å². The summed E-state index contributed by atoms with van der Waals surface area (Å²) in [5, 5.41) is 10.1. The number of carboxylic acids is 1. The lowest BCUT2D eigenvalue weighted by Gasteiger charge is -2.28. The molecule has 24 heavy (non-hydrogen) atoms. The van der Waals surface area contributed by atoms with Gasteiger partial charge in [0.05, 0.1) is 10.3 Å². The first kappa shape index (κ1) is 16.9. The predicted octanol–water partition coefficient (Wildman–Crippen LogP) is 3.92. The number of hydrogen-bond acceptors (Lipinski definition) is 3. The first-order valence-electron chi connectivity index (χ1n) is 7.98. The molecule has 0 saturated carbocycles. The fourth-order valence-corrected chi connectivity index (χ4v) is 4.69. The summed E-state index contributed by atoms with van der Waals surface area (Å²) in [6.45, 7) is 6.12. The lowest BCUT2D eigenvalue weighted by molar-refractivity contribution is -0.150. The summed E-state index contributed by atoms with van der Waals surface area (Å²) in [6.07, 6.45) is 0.448. The molecule has 3 rings (SSSR count). The zero-order chi connectivity index (χ0) is 17.6. The number of rotatable bonds is 3. The van der Waals surface area contributed by atoms with Crippen molar-refractivity contribution in [2.24, 2.45) is 11.3 Å². The van der Waals surface area contributed by atoms with Crippen LogP contribution in [0.3, 0.4) is 0 Å². The molecule has 0 bridgehead atoms. The Morgan fingerprint density at radius 1 is 1.38 bits per heavy atom. The highest BCUT2D eigenvalue weighted by Crippen LogP contribution is 2.40. The van der Waals surface area contributed by atoms with E-state index in [1.807, 2.05) is 13.8 Å². The third kappa shape index (κ3) is 2.40. The lowest BCUT2D eigenvalue weighted by atomic mass is 9.76. The van der Waals surface area contributed by atoms with Gasteiger partial charge in [0.15, 0.2) is 0 Å². The van der Waals surface area contributed by atoms with Crippen LogP contribution >= 0.6 is 11.3 Å². The maximum absolute atomic E-state index is 14.0. The van der Waals surface area contributed by atoms with Crippen LogP contribution < -0.4 is 0 Å². The van der Waals surface area contributed by atoms with Crippen LogP contribution in [0.25, 0.3) is 10.1 Å². The Bertz CT molecular complexity index is 829. The Kier molecular flexibility index (Phi) is 4.11. The minimum absolute atomic E-state index is 0.0613. The zero-order valence-electron chi connectivity index (χ0n) is 13.9. The van der Waals surface area contributed by atoms with Crippen molar-refractivity contribution in [3.63, 3.8) is 0 Å². The van der Waals surface area contributed by atoms with Crippen LogP contribution in [-0.2, 0) is 4.79 Å². The van der Waals surface area contributed by atoms with Crippen molar-refractivity contribution >= 4 is 33.3 Å². The number of thiophene rings is 1. The zero-order valence-corrected chi connectivity index (χ0v) is 14.7. The molecule has 4 nitrogen and oxygen atoms in total. The van der Waals surface area contributed by atoms with Crippen LogP contribution in [0.4, 0.5) is 4.39 Å². The van der Waals surface area contributed by atoms with Crippen LogP contribution in [0.15, 0.2) is 18.2 Å². The molecule has 2 aromatic rings. The second kappa shape index (κ2) is 5.84. The molecule has 1 aromatic carbocycles. The first-order chi connectivity index (χ1) is 11.3. The number of aliphatic carboxylic acids is 1. The van der Waals surface area contributed by atoms with Crippen LogP contribution in [0.5, 0.6) is 0 Å². The van der Waals surface area contributed by atoms with Gasteiger partial charge in [-0.2, -0.15) is 0 Å². The van der Waals surface area contributed by atoms with Crippen LogP contribution in [0, 0.1) is 24.1 Å². The van der Waals surface area contributed by atoms with Gasteiger partial charge in [0.25, 0.3) is 5.91 Å². The van der Waals surface area contributed by atoms with Gasteiger partial charge < -0.3 is 10.0 Å². The number of likely N-dealkylation sites (tertiary alicyclic amines) is 1. The summed E-state index contributed by atoms with van der Waals surface area (Å²) in [5.74, 6) is -1.44. The number of halogens is 1. The van der Waals surface area contributed by atoms with Crippen molar-refractivity contribution in [1.82, 2.24) is 4.90 Å². The largest absolute Gasteiger partial charge is 0.481 e. The van der Waals surface area contributed by atoms with Gasteiger partial charge in [0, 0.05) is 23.2 Å². The monoisotopic (exact) mass is 349 g/mol. The highest BCUT2D eigenvalue weighted by molar-refractivity contribution is 7.21. The van der Waals surface area contributed by atoms with Crippen LogP contribution in [0.2, 0.25) is 0 Å². The lowest BCUT2D eigenvalue weighted by Crippen LogP contribution is -2.40. The smallest absolute Gasteiger partial charge is 0.311 e. The topological polar surface area (TPSA) is 57.6 Å². The van der Waals surface area contributed by atoms with Crippen LogP contribution in [-0.4, -0.2) is 35.0 Å². The van der Waals surface area contributed by atoms with Crippen molar-refractivity contribution in [1.29, 1.82) is 0 Å².